The second-order valence-electron chi connectivity index (χ2n) is 5.90. The van der Waals surface area contributed by atoms with Gasteiger partial charge in [0.15, 0.2) is 0 Å². The molecule has 2 heterocycles. The van der Waals surface area contributed by atoms with E-state index in [0.29, 0.717) is 10.4 Å². The van der Waals surface area contributed by atoms with Crippen LogP contribution >= 0.6 is 23.1 Å². The summed E-state index contributed by atoms with van der Waals surface area (Å²) >= 11 is 2.09. The molecule has 1 aliphatic rings. The lowest BCUT2D eigenvalue weighted by Crippen LogP contribution is -2.30. The Morgan fingerprint density at radius 2 is 1.97 bits per heavy atom. The van der Waals surface area contributed by atoms with Gasteiger partial charge in [-0.05, 0) is 53.7 Å². The summed E-state index contributed by atoms with van der Waals surface area (Å²) in [5, 5.41) is 18.0. The van der Waals surface area contributed by atoms with Gasteiger partial charge in [-0.25, -0.2) is 4.79 Å². The predicted molar refractivity (Wildman–Crippen MR) is 108 cm³/mol. The first-order valence-electron chi connectivity index (χ1n) is 8.29. The molecule has 0 bridgehead atoms. The SMILES string of the molecule is COC(=O)c1cc(-c2ccc(/C=C3\SC(=O)N(CCC(=O)O)C3=O)s2)ccc1O. The third-order valence-corrected chi connectivity index (χ3v) is 6.00. The van der Waals surface area contributed by atoms with E-state index in [1.807, 2.05) is 0 Å². The fourth-order valence-corrected chi connectivity index (χ4v) is 4.46. The Balaban J connectivity index is 1.82. The molecule has 1 fully saturated rings. The highest BCUT2D eigenvalue weighted by Gasteiger charge is 2.35. The standard InChI is InChI=1S/C19H15NO7S2/c1-27-18(25)12-8-10(2-4-13(12)21)14-5-3-11(28-14)9-15-17(24)20(19(26)29-15)7-6-16(22)23/h2-5,8-9,21H,6-7H2,1H3,(H,22,23)/b15-9-. The van der Waals surface area contributed by atoms with Crippen molar-refractivity contribution in [1.82, 2.24) is 4.90 Å². The van der Waals surface area contributed by atoms with E-state index in [-0.39, 0.29) is 29.2 Å². The average molecular weight is 433 g/mol. The molecule has 2 aromatic rings. The summed E-state index contributed by atoms with van der Waals surface area (Å²) in [5.74, 6) is -2.45. The number of carboxylic acids is 1. The smallest absolute Gasteiger partial charge is 0.341 e. The van der Waals surface area contributed by atoms with Crippen LogP contribution in [0.2, 0.25) is 0 Å². The normalized spacial score (nSPS) is 15.2. The van der Waals surface area contributed by atoms with Gasteiger partial charge in [-0.1, -0.05) is 0 Å². The number of phenols is 1. The number of methoxy groups -OCH3 is 1. The lowest BCUT2D eigenvalue weighted by Gasteiger charge is -2.09. The highest BCUT2D eigenvalue weighted by atomic mass is 32.2. The first kappa shape index (κ1) is 20.6. The van der Waals surface area contributed by atoms with Gasteiger partial charge in [0.2, 0.25) is 0 Å². The van der Waals surface area contributed by atoms with Crippen molar-refractivity contribution in [3.8, 4) is 16.2 Å². The van der Waals surface area contributed by atoms with Crippen LogP contribution in [0.5, 0.6) is 5.75 Å². The van der Waals surface area contributed by atoms with Gasteiger partial charge in [0, 0.05) is 16.3 Å². The molecule has 1 aromatic heterocycles. The lowest BCUT2D eigenvalue weighted by molar-refractivity contribution is -0.137. The number of phenolic OH excluding ortho intramolecular Hbond substituents is 1. The maximum atomic E-state index is 12.3. The van der Waals surface area contributed by atoms with Crippen LogP contribution < -0.4 is 0 Å². The van der Waals surface area contributed by atoms with Crippen LogP contribution in [0.4, 0.5) is 4.79 Å². The zero-order valence-electron chi connectivity index (χ0n) is 15.1. The van der Waals surface area contributed by atoms with Crippen LogP contribution in [0, 0.1) is 0 Å². The van der Waals surface area contributed by atoms with Gasteiger partial charge in [0.25, 0.3) is 11.1 Å². The fourth-order valence-electron chi connectivity index (χ4n) is 2.58. The van der Waals surface area contributed by atoms with Crippen molar-refractivity contribution in [2.45, 2.75) is 6.42 Å². The molecule has 10 heteroatoms. The van der Waals surface area contributed by atoms with Crippen LogP contribution in [-0.2, 0) is 14.3 Å². The second-order valence-corrected chi connectivity index (χ2v) is 8.01. The van der Waals surface area contributed by atoms with Gasteiger partial charge in [-0.3, -0.25) is 19.3 Å². The molecule has 0 unspecified atom stereocenters. The van der Waals surface area contributed by atoms with Crippen molar-refractivity contribution in [3.05, 3.63) is 45.7 Å². The molecule has 1 saturated heterocycles. The third kappa shape index (κ3) is 4.49. The highest BCUT2D eigenvalue weighted by Crippen LogP contribution is 2.36. The number of carboxylic acid groups (broad SMARTS) is 1. The van der Waals surface area contributed by atoms with Crippen molar-refractivity contribution in [2.24, 2.45) is 0 Å². The number of carbonyl (C=O) groups is 4. The number of hydrogen-bond donors (Lipinski definition) is 2. The quantitative estimate of drug-likeness (QED) is 0.525. The number of carbonyl (C=O) groups excluding carboxylic acids is 3. The van der Waals surface area contributed by atoms with Gasteiger partial charge < -0.3 is 14.9 Å². The lowest BCUT2D eigenvalue weighted by atomic mass is 10.1. The van der Waals surface area contributed by atoms with E-state index >= 15 is 0 Å². The minimum Gasteiger partial charge on any atom is -0.507 e. The van der Waals surface area contributed by atoms with Crippen molar-refractivity contribution in [2.75, 3.05) is 13.7 Å². The third-order valence-electron chi connectivity index (χ3n) is 4.01. The number of thioether (sulfide) groups is 1. The molecular formula is C19H15NO7S2. The first-order valence-corrected chi connectivity index (χ1v) is 9.92. The first-order chi connectivity index (χ1) is 13.8. The Hall–Kier alpha value is -3.11. The van der Waals surface area contributed by atoms with Crippen LogP contribution in [0.1, 0.15) is 21.7 Å². The number of ether oxygens (including phenoxy) is 1. The highest BCUT2D eigenvalue weighted by molar-refractivity contribution is 8.18. The number of hydrogen-bond acceptors (Lipinski definition) is 8. The summed E-state index contributed by atoms with van der Waals surface area (Å²) in [6, 6.07) is 8.11. The van der Waals surface area contributed by atoms with Crippen LogP contribution in [0.15, 0.2) is 35.2 Å². The predicted octanol–water partition coefficient (Wildman–Crippen LogP) is 3.42. The van der Waals surface area contributed by atoms with E-state index in [1.54, 1.807) is 24.3 Å². The van der Waals surface area contributed by atoms with Gasteiger partial charge in [0.1, 0.15) is 11.3 Å². The van der Waals surface area contributed by atoms with Gasteiger partial charge >= 0.3 is 11.9 Å². The maximum absolute atomic E-state index is 12.3. The van der Waals surface area contributed by atoms with E-state index in [9.17, 15) is 24.3 Å². The molecular weight excluding hydrogens is 418 g/mol. The molecule has 2 amide bonds. The van der Waals surface area contributed by atoms with E-state index < -0.39 is 23.1 Å². The number of benzene rings is 1. The molecule has 1 aromatic carbocycles. The van der Waals surface area contributed by atoms with Crippen molar-refractivity contribution in [1.29, 1.82) is 0 Å². The molecule has 0 saturated carbocycles. The van der Waals surface area contributed by atoms with Crippen molar-refractivity contribution in [3.63, 3.8) is 0 Å². The largest absolute Gasteiger partial charge is 0.507 e. The minimum absolute atomic E-state index is 0.0412. The topological polar surface area (TPSA) is 121 Å². The fraction of sp³-hybridized carbons (Fsp3) is 0.158. The van der Waals surface area contributed by atoms with Crippen LogP contribution in [0.3, 0.4) is 0 Å². The Morgan fingerprint density at radius 1 is 1.21 bits per heavy atom. The number of imide groups is 1. The van der Waals surface area contributed by atoms with E-state index in [0.717, 1.165) is 21.5 Å². The van der Waals surface area contributed by atoms with Crippen molar-refractivity contribution < 1.29 is 34.1 Å². The Morgan fingerprint density at radius 3 is 2.66 bits per heavy atom. The summed E-state index contributed by atoms with van der Waals surface area (Å²) in [4.78, 5) is 49.3. The molecule has 150 valence electrons. The van der Waals surface area contributed by atoms with Gasteiger partial charge in [-0.2, -0.15) is 0 Å². The minimum atomic E-state index is -1.09. The number of thiophene rings is 1. The van der Waals surface area contributed by atoms with Crippen molar-refractivity contribution >= 4 is 52.3 Å². The molecule has 0 aliphatic carbocycles. The number of amides is 2. The van der Waals surface area contributed by atoms with Gasteiger partial charge in [-0.15, -0.1) is 11.3 Å². The summed E-state index contributed by atoms with van der Waals surface area (Å²) in [6.45, 7) is -0.170. The van der Waals surface area contributed by atoms with Crippen LogP contribution in [-0.4, -0.2) is 51.9 Å². The number of aliphatic carboxylic acids is 1. The van der Waals surface area contributed by atoms with E-state index in [2.05, 4.69) is 4.74 Å². The molecule has 0 atom stereocenters. The zero-order valence-corrected chi connectivity index (χ0v) is 16.7. The number of aromatic hydroxyl groups is 1. The zero-order chi connectivity index (χ0) is 21.1. The molecule has 1 aliphatic heterocycles. The molecule has 0 radical (unpaired) electrons. The van der Waals surface area contributed by atoms with E-state index in [4.69, 9.17) is 5.11 Å². The maximum Gasteiger partial charge on any atom is 0.341 e. The Labute approximate surface area is 173 Å². The summed E-state index contributed by atoms with van der Waals surface area (Å²) < 4.78 is 4.65. The molecule has 0 spiro atoms. The monoisotopic (exact) mass is 433 g/mol. The summed E-state index contributed by atoms with van der Waals surface area (Å²) in [6.07, 6.45) is 1.26. The van der Waals surface area contributed by atoms with E-state index in [1.165, 1.54) is 30.6 Å². The number of esters is 1. The Bertz CT molecular complexity index is 1040. The molecule has 2 N–H and O–H groups in total. The Kier molecular flexibility index (Phi) is 6.04. The van der Waals surface area contributed by atoms with Crippen LogP contribution in [0.25, 0.3) is 16.5 Å². The number of rotatable bonds is 6. The summed E-state index contributed by atoms with van der Waals surface area (Å²) in [7, 11) is 1.22. The molecule has 29 heavy (non-hydrogen) atoms. The average Bonchev–Trinajstić information content (AvgIpc) is 3.25. The molecule has 8 nitrogen and oxygen atoms in total. The number of nitrogens with zero attached hydrogens (tertiary/aromatic N) is 1. The second kappa shape index (κ2) is 8.50. The van der Waals surface area contributed by atoms with Gasteiger partial charge in [0.05, 0.1) is 18.4 Å². The summed E-state index contributed by atoms with van der Waals surface area (Å²) in [5.41, 5.74) is 0.724. The molecule has 3 rings (SSSR count).